The molecule has 6 nitrogen and oxygen atoms in total. The smallest absolute Gasteiger partial charge is 0.160 e. The van der Waals surface area contributed by atoms with Crippen molar-refractivity contribution in [3.63, 3.8) is 0 Å². The standard InChI is InChI=1S/C96H58N6/c1-3-23-61(24-4-1)93-97-86-39-19-21-41-88(86)101(93)66-49-43-59(44-50-66)90-77-56-65(63-47-53-74-72-31-11-17-37-82(72)95(84(74)57-63)78-33-13-7-27-68(78)69-28-8-14-34-79(69)95)55-76(64-48-54-75-73-32-12-18-38-83(73)96(85(75)58-64)80-35-15-9-29-70(80)71-30-10-16-36-81(71)96)91(77)100-92(99-90)60-45-51-67(52-46-60)102-89-42-22-20-40-87(89)98-94(102)62-25-5-2-6-26-62/h1-58H. The maximum absolute atomic E-state index is 5.93. The number of fused-ring (bicyclic) bond motifs is 23. The first-order chi connectivity index (χ1) is 50.6. The highest BCUT2D eigenvalue weighted by Crippen LogP contribution is 2.65. The quantitative estimate of drug-likeness (QED) is 0.152. The summed E-state index contributed by atoms with van der Waals surface area (Å²) in [5.74, 6) is 2.37. The van der Waals surface area contributed by atoms with Gasteiger partial charge >= 0.3 is 0 Å². The molecule has 0 aliphatic heterocycles. The molecule has 4 aliphatic rings. The van der Waals surface area contributed by atoms with Crippen LogP contribution in [0.5, 0.6) is 0 Å². The molecule has 0 saturated carbocycles. The molecule has 0 atom stereocenters. The van der Waals surface area contributed by atoms with E-state index < -0.39 is 10.8 Å². The Kier molecular flexibility index (Phi) is 11.9. The Bertz CT molecular complexity index is 6430. The van der Waals surface area contributed by atoms with E-state index in [4.69, 9.17) is 19.9 Å². The van der Waals surface area contributed by atoms with Crippen LogP contribution in [0.4, 0.5) is 0 Å². The van der Waals surface area contributed by atoms with E-state index in [0.717, 1.165) is 106 Å². The van der Waals surface area contributed by atoms with Gasteiger partial charge in [0.2, 0.25) is 0 Å². The number of imidazole rings is 2. The van der Waals surface area contributed by atoms with Crippen molar-refractivity contribution in [1.82, 2.24) is 29.1 Å². The lowest BCUT2D eigenvalue weighted by Gasteiger charge is -2.31. The number of rotatable bonds is 8. The fraction of sp³-hybridized carbons (Fsp3) is 0.0208. The number of nitrogens with zero attached hydrogens (tertiary/aromatic N) is 6. The largest absolute Gasteiger partial charge is 0.292 e. The van der Waals surface area contributed by atoms with Crippen molar-refractivity contribution < 1.29 is 0 Å². The minimum absolute atomic E-state index is 0.540. The number of aromatic nitrogens is 6. The van der Waals surface area contributed by atoms with Crippen molar-refractivity contribution in [3.05, 3.63) is 396 Å². The lowest BCUT2D eigenvalue weighted by molar-refractivity contribution is 0.794. The fourth-order valence-corrected chi connectivity index (χ4v) is 18.2. The molecule has 4 aliphatic carbocycles. The van der Waals surface area contributed by atoms with Crippen LogP contribution in [0.2, 0.25) is 0 Å². The monoisotopic (exact) mass is 1290 g/mol. The molecule has 0 radical (unpaired) electrons. The molecule has 15 aromatic carbocycles. The third-order valence-corrected chi connectivity index (χ3v) is 22.4. The van der Waals surface area contributed by atoms with E-state index in [1.54, 1.807) is 0 Å². The normalized spacial score (nSPS) is 13.5. The molecular formula is C96H58N6. The summed E-state index contributed by atoms with van der Waals surface area (Å²) < 4.78 is 4.54. The zero-order valence-electron chi connectivity index (χ0n) is 55.2. The second-order valence-electron chi connectivity index (χ2n) is 27.5. The molecular weight excluding hydrogens is 1240 g/mol. The Labute approximate surface area is 589 Å². The molecule has 3 heterocycles. The highest BCUT2D eigenvalue weighted by molar-refractivity contribution is 6.07. The van der Waals surface area contributed by atoms with Crippen molar-refractivity contribution in [1.29, 1.82) is 0 Å². The van der Waals surface area contributed by atoms with Crippen LogP contribution in [0.3, 0.4) is 0 Å². The molecule has 0 bridgehead atoms. The van der Waals surface area contributed by atoms with Crippen molar-refractivity contribution in [2.24, 2.45) is 0 Å². The molecule has 0 amide bonds. The van der Waals surface area contributed by atoms with Gasteiger partial charge in [0.1, 0.15) is 11.6 Å². The van der Waals surface area contributed by atoms with Gasteiger partial charge in [-0.15, -0.1) is 0 Å². The lowest BCUT2D eigenvalue weighted by Crippen LogP contribution is -2.25. The van der Waals surface area contributed by atoms with Crippen molar-refractivity contribution in [2.75, 3.05) is 0 Å². The second kappa shape index (κ2) is 21.5. The van der Waals surface area contributed by atoms with Crippen LogP contribution in [-0.4, -0.2) is 29.1 Å². The lowest BCUT2D eigenvalue weighted by atomic mass is 9.70. The van der Waals surface area contributed by atoms with Gasteiger partial charge in [-0.2, -0.15) is 0 Å². The zero-order chi connectivity index (χ0) is 66.8. The van der Waals surface area contributed by atoms with E-state index in [-0.39, 0.29) is 0 Å². The third kappa shape index (κ3) is 7.83. The van der Waals surface area contributed by atoms with Gasteiger partial charge in [0, 0.05) is 44.6 Å². The van der Waals surface area contributed by atoms with Crippen LogP contribution in [0.1, 0.15) is 44.5 Å². The van der Waals surface area contributed by atoms with Crippen LogP contribution in [0.15, 0.2) is 352 Å². The Morgan fingerprint density at radius 3 is 1.01 bits per heavy atom. The summed E-state index contributed by atoms with van der Waals surface area (Å²) in [5, 5.41) is 0.941. The van der Waals surface area contributed by atoms with Gasteiger partial charge in [0.25, 0.3) is 0 Å². The predicted molar refractivity (Wildman–Crippen MR) is 414 cm³/mol. The molecule has 22 rings (SSSR count). The summed E-state index contributed by atoms with van der Waals surface area (Å²) in [6.45, 7) is 0. The average molecular weight is 1300 g/mol. The van der Waals surface area contributed by atoms with Crippen molar-refractivity contribution in [2.45, 2.75) is 10.8 Å². The van der Waals surface area contributed by atoms with Crippen molar-refractivity contribution >= 4 is 33.0 Å². The van der Waals surface area contributed by atoms with Gasteiger partial charge in [-0.05, 0) is 191 Å². The van der Waals surface area contributed by atoms with Gasteiger partial charge in [-0.3, -0.25) is 9.13 Å². The minimum atomic E-state index is -0.573. The molecule has 18 aromatic rings. The Balaban J connectivity index is 0.810. The summed E-state index contributed by atoms with van der Waals surface area (Å²) in [4.78, 5) is 22.3. The average Bonchev–Trinajstić information content (AvgIpc) is 1.52. The molecule has 0 fully saturated rings. The Hall–Kier alpha value is -13.4. The predicted octanol–water partition coefficient (Wildman–Crippen LogP) is 23.0. The molecule has 0 unspecified atom stereocenters. The Morgan fingerprint density at radius 1 is 0.216 bits per heavy atom. The van der Waals surface area contributed by atoms with Gasteiger partial charge in [-0.1, -0.05) is 267 Å². The van der Waals surface area contributed by atoms with E-state index >= 15 is 0 Å². The third-order valence-electron chi connectivity index (χ3n) is 22.4. The highest BCUT2D eigenvalue weighted by Gasteiger charge is 2.53. The number of para-hydroxylation sites is 4. The summed E-state index contributed by atoms with van der Waals surface area (Å²) >= 11 is 0. The topological polar surface area (TPSA) is 61.4 Å². The Morgan fingerprint density at radius 2 is 0.569 bits per heavy atom. The van der Waals surface area contributed by atoms with E-state index in [2.05, 4.69) is 361 Å². The van der Waals surface area contributed by atoms with Gasteiger partial charge in [-0.25, -0.2) is 19.9 Å². The minimum Gasteiger partial charge on any atom is -0.292 e. The maximum atomic E-state index is 5.93. The van der Waals surface area contributed by atoms with E-state index in [1.165, 1.54) is 89.0 Å². The summed E-state index contributed by atoms with van der Waals surface area (Å²) in [5.41, 5.74) is 35.1. The van der Waals surface area contributed by atoms with Crippen molar-refractivity contribution in [3.8, 4) is 124 Å². The first-order valence-electron chi connectivity index (χ1n) is 35.1. The van der Waals surface area contributed by atoms with Crippen LogP contribution < -0.4 is 0 Å². The summed E-state index contributed by atoms with van der Waals surface area (Å²) in [6.07, 6.45) is 0. The van der Waals surface area contributed by atoms with Crippen LogP contribution in [0, 0.1) is 0 Å². The first kappa shape index (κ1) is 56.6. The molecule has 0 N–H and O–H groups in total. The van der Waals surface area contributed by atoms with Gasteiger partial charge in [0.05, 0.1) is 44.1 Å². The summed E-state index contributed by atoms with van der Waals surface area (Å²) in [7, 11) is 0. The molecule has 3 aromatic heterocycles. The highest BCUT2D eigenvalue weighted by atomic mass is 15.1. The first-order valence-corrected chi connectivity index (χ1v) is 35.1. The van der Waals surface area contributed by atoms with Crippen LogP contribution in [-0.2, 0) is 10.8 Å². The van der Waals surface area contributed by atoms with Gasteiger partial charge in [0.15, 0.2) is 5.82 Å². The van der Waals surface area contributed by atoms with E-state index in [0.29, 0.717) is 5.82 Å². The second-order valence-corrected chi connectivity index (χ2v) is 27.5. The molecule has 0 saturated heterocycles. The fourth-order valence-electron chi connectivity index (χ4n) is 18.2. The number of hydrogen-bond acceptors (Lipinski definition) is 4. The molecule has 2 spiro atoms. The summed E-state index contributed by atoms with van der Waals surface area (Å²) in [6, 6.07) is 129. The number of benzene rings is 15. The van der Waals surface area contributed by atoms with Crippen LogP contribution >= 0.6 is 0 Å². The SMILES string of the molecule is c1ccc(-c2nc3ccccc3n2-c2ccc(-c3nc(-c4ccc(-n5c(-c6ccccc6)nc6ccccc65)cc4)c4cc(-c5ccc6c(c5)C5(c7ccccc7-c7ccccc75)c5ccccc5-6)cc(-c5ccc6c(c5)C5(c7ccccc7-c7ccccc75)c5ccccc5-6)c4n3)cc2)cc1. The van der Waals surface area contributed by atoms with E-state index in [9.17, 15) is 0 Å². The van der Waals surface area contributed by atoms with Gasteiger partial charge < -0.3 is 0 Å². The maximum Gasteiger partial charge on any atom is 0.160 e. The van der Waals surface area contributed by atoms with E-state index in [1.807, 2.05) is 0 Å². The van der Waals surface area contributed by atoms with Crippen LogP contribution in [0.25, 0.3) is 157 Å². The molecule has 102 heavy (non-hydrogen) atoms. The molecule has 6 heteroatoms. The number of hydrogen-bond donors (Lipinski definition) is 0. The zero-order valence-corrected chi connectivity index (χ0v) is 55.2. The molecule has 472 valence electrons.